The molecule has 0 radical (unpaired) electrons. The van der Waals surface area contributed by atoms with Gasteiger partial charge in [-0.1, -0.05) is 22.0 Å². The maximum Gasteiger partial charge on any atom is 0.313 e. The molecule has 1 atom stereocenters. The van der Waals surface area contributed by atoms with Crippen LogP contribution < -0.4 is 0 Å². The van der Waals surface area contributed by atoms with Crippen LogP contribution in [-0.4, -0.2) is 21.0 Å². The van der Waals surface area contributed by atoms with E-state index < -0.39 is 11.9 Å². The highest BCUT2D eigenvalue weighted by atomic mass is 79.9. The Balaban J connectivity index is 2.49. The van der Waals surface area contributed by atoms with Crippen molar-refractivity contribution < 1.29 is 9.90 Å². The summed E-state index contributed by atoms with van der Waals surface area (Å²) in [5.74, 6) is -1.32. The fourth-order valence-corrected chi connectivity index (χ4v) is 2.07. The molecule has 98 valence electrons. The SMILES string of the molecule is Cc1ccc(Br)cc1-c1ccnc(C(C)C(=O)O)n1. The zero-order valence-corrected chi connectivity index (χ0v) is 12.2. The van der Waals surface area contributed by atoms with Crippen molar-refractivity contribution in [2.45, 2.75) is 19.8 Å². The summed E-state index contributed by atoms with van der Waals surface area (Å²) in [6.07, 6.45) is 1.59. The van der Waals surface area contributed by atoms with Crippen LogP contribution in [0.1, 0.15) is 24.2 Å². The second-order valence-electron chi connectivity index (χ2n) is 4.32. The molecule has 0 saturated heterocycles. The van der Waals surface area contributed by atoms with Gasteiger partial charge in [0.2, 0.25) is 0 Å². The van der Waals surface area contributed by atoms with Gasteiger partial charge in [-0.25, -0.2) is 9.97 Å². The summed E-state index contributed by atoms with van der Waals surface area (Å²) in [6.45, 7) is 3.57. The van der Waals surface area contributed by atoms with Crippen molar-refractivity contribution in [2.75, 3.05) is 0 Å². The first-order chi connectivity index (χ1) is 8.99. The van der Waals surface area contributed by atoms with Crippen molar-refractivity contribution in [1.82, 2.24) is 9.97 Å². The fraction of sp³-hybridized carbons (Fsp3) is 0.214. The minimum absolute atomic E-state index is 0.323. The highest BCUT2D eigenvalue weighted by molar-refractivity contribution is 9.10. The van der Waals surface area contributed by atoms with Gasteiger partial charge in [0, 0.05) is 16.2 Å². The minimum Gasteiger partial charge on any atom is -0.481 e. The monoisotopic (exact) mass is 320 g/mol. The third-order valence-corrected chi connectivity index (χ3v) is 3.40. The summed E-state index contributed by atoms with van der Waals surface area (Å²) in [4.78, 5) is 19.4. The van der Waals surface area contributed by atoms with E-state index in [1.807, 2.05) is 25.1 Å². The molecule has 4 nitrogen and oxygen atoms in total. The topological polar surface area (TPSA) is 63.1 Å². The first-order valence-corrected chi connectivity index (χ1v) is 6.60. The van der Waals surface area contributed by atoms with E-state index in [1.54, 1.807) is 19.2 Å². The molecular formula is C14H13BrN2O2. The van der Waals surface area contributed by atoms with Crippen molar-refractivity contribution in [2.24, 2.45) is 0 Å². The maximum atomic E-state index is 11.0. The average molecular weight is 321 g/mol. The number of rotatable bonds is 3. The molecule has 1 unspecified atom stereocenters. The molecule has 2 aromatic rings. The lowest BCUT2D eigenvalue weighted by atomic mass is 10.1. The summed E-state index contributed by atoms with van der Waals surface area (Å²) in [5.41, 5.74) is 2.78. The number of carbonyl (C=O) groups is 1. The Bertz CT molecular complexity index is 629. The first-order valence-electron chi connectivity index (χ1n) is 5.81. The molecule has 1 aromatic heterocycles. The summed E-state index contributed by atoms with van der Waals surface area (Å²) in [5, 5.41) is 9.01. The molecule has 1 N–H and O–H groups in total. The van der Waals surface area contributed by atoms with Crippen molar-refractivity contribution >= 4 is 21.9 Å². The number of hydrogen-bond acceptors (Lipinski definition) is 3. The molecule has 0 bridgehead atoms. The van der Waals surface area contributed by atoms with Crippen LogP contribution in [0.25, 0.3) is 11.3 Å². The molecular weight excluding hydrogens is 308 g/mol. The van der Waals surface area contributed by atoms with Crippen molar-refractivity contribution in [3.63, 3.8) is 0 Å². The zero-order valence-electron chi connectivity index (χ0n) is 10.6. The molecule has 2 rings (SSSR count). The molecule has 5 heteroatoms. The highest BCUT2D eigenvalue weighted by Crippen LogP contribution is 2.26. The minimum atomic E-state index is -0.928. The standard InChI is InChI=1S/C14H13BrN2O2/c1-8-3-4-10(15)7-11(8)12-5-6-16-13(17-12)9(2)14(18)19/h3-7,9H,1-2H3,(H,18,19). The lowest BCUT2D eigenvalue weighted by molar-refractivity contribution is -0.138. The smallest absolute Gasteiger partial charge is 0.313 e. The number of aliphatic carboxylic acids is 1. The van der Waals surface area contributed by atoms with Gasteiger partial charge in [-0.05, 0) is 37.6 Å². The van der Waals surface area contributed by atoms with Crippen molar-refractivity contribution in [3.8, 4) is 11.3 Å². The lowest BCUT2D eigenvalue weighted by Crippen LogP contribution is -2.11. The van der Waals surface area contributed by atoms with E-state index in [4.69, 9.17) is 5.11 Å². The second kappa shape index (κ2) is 5.48. The van der Waals surface area contributed by atoms with Gasteiger partial charge < -0.3 is 5.11 Å². The van der Waals surface area contributed by atoms with Crippen molar-refractivity contribution in [3.05, 3.63) is 46.3 Å². The number of carboxylic acid groups (broad SMARTS) is 1. The number of halogens is 1. The van der Waals surface area contributed by atoms with Crippen LogP contribution >= 0.6 is 15.9 Å². The lowest BCUT2D eigenvalue weighted by Gasteiger charge is -2.09. The van der Waals surface area contributed by atoms with Crippen LogP contribution in [0.3, 0.4) is 0 Å². The fourth-order valence-electron chi connectivity index (χ4n) is 1.71. The molecule has 0 fully saturated rings. The summed E-state index contributed by atoms with van der Waals surface area (Å²) < 4.78 is 0.958. The van der Waals surface area contributed by atoms with E-state index in [9.17, 15) is 4.79 Å². The highest BCUT2D eigenvalue weighted by Gasteiger charge is 2.17. The maximum absolute atomic E-state index is 11.0. The van der Waals surface area contributed by atoms with Gasteiger partial charge >= 0.3 is 5.97 Å². The quantitative estimate of drug-likeness (QED) is 0.941. The predicted molar refractivity (Wildman–Crippen MR) is 76.0 cm³/mol. The number of aromatic nitrogens is 2. The van der Waals surface area contributed by atoms with Gasteiger partial charge in [-0.2, -0.15) is 0 Å². The van der Waals surface area contributed by atoms with Crippen LogP contribution in [0, 0.1) is 6.92 Å². The van der Waals surface area contributed by atoms with Gasteiger partial charge in [0.25, 0.3) is 0 Å². The number of nitrogens with zero attached hydrogens (tertiary/aromatic N) is 2. The molecule has 0 saturated carbocycles. The second-order valence-corrected chi connectivity index (χ2v) is 5.23. The Morgan fingerprint density at radius 3 is 2.79 bits per heavy atom. The van der Waals surface area contributed by atoms with E-state index in [0.717, 1.165) is 21.3 Å². The Morgan fingerprint density at radius 1 is 1.37 bits per heavy atom. The van der Waals surface area contributed by atoms with Crippen LogP contribution in [0.15, 0.2) is 34.9 Å². The summed E-state index contributed by atoms with van der Waals surface area (Å²) >= 11 is 3.43. The number of aryl methyl sites for hydroxylation is 1. The van der Waals surface area contributed by atoms with Gasteiger partial charge in [-0.3, -0.25) is 4.79 Å². The van der Waals surface area contributed by atoms with E-state index in [-0.39, 0.29) is 0 Å². The van der Waals surface area contributed by atoms with Crippen molar-refractivity contribution in [1.29, 1.82) is 0 Å². The summed E-state index contributed by atoms with van der Waals surface area (Å²) in [7, 11) is 0. The van der Waals surface area contributed by atoms with E-state index in [1.165, 1.54) is 0 Å². The van der Waals surface area contributed by atoms with E-state index in [2.05, 4.69) is 25.9 Å². The number of hydrogen-bond donors (Lipinski definition) is 1. The average Bonchev–Trinajstić information content (AvgIpc) is 2.40. The zero-order chi connectivity index (χ0) is 14.0. The van der Waals surface area contributed by atoms with Crippen LogP contribution in [-0.2, 0) is 4.79 Å². The molecule has 0 aliphatic rings. The van der Waals surface area contributed by atoms with Crippen LogP contribution in [0.5, 0.6) is 0 Å². The van der Waals surface area contributed by atoms with Gasteiger partial charge in [0.15, 0.2) is 0 Å². The van der Waals surface area contributed by atoms with Gasteiger partial charge in [0.05, 0.1) is 5.69 Å². The predicted octanol–water partition coefficient (Wildman–Crippen LogP) is 3.40. The Labute approximate surface area is 119 Å². The number of carboxylic acids is 1. The van der Waals surface area contributed by atoms with Crippen LogP contribution in [0.4, 0.5) is 0 Å². The molecule has 1 aromatic carbocycles. The van der Waals surface area contributed by atoms with E-state index in [0.29, 0.717) is 5.82 Å². The largest absolute Gasteiger partial charge is 0.481 e. The van der Waals surface area contributed by atoms with Gasteiger partial charge in [-0.15, -0.1) is 0 Å². The Morgan fingerprint density at radius 2 is 2.11 bits per heavy atom. The third kappa shape index (κ3) is 2.98. The molecule has 0 aliphatic heterocycles. The third-order valence-electron chi connectivity index (χ3n) is 2.91. The van der Waals surface area contributed by atoms with E-state index >= 15 is 0 Å². The van der Waals surface area contributed by atoms with Gasteiger partial charge in [0.1, 0.15) is 11.7 Å². The molecule has 0 spiro atoms. The normalized spacial score (nSPS) is 12.2. The molecule has 19 heavy (non-hydrogen) atoms. The molecule has 0 aliphatic carbocycles. The summed E-state index contributed by atoms with van der Waals surface area (Å²) in [6, 6.07) is 7.70. The Kier molecular flexibility index (Phi) is 3.95. The molecule has 0 amide bonds. The first kappa shape index (κ1) is 13.7. The van der Waals surface area contributed by atoms with Crippen LogP contribution in [0.2, 0.25) is 0 Å². The molecule has 1 heterocycles. The number of benzene rings is 1. The Hall–Kier alpha value is -1.75.